The number of Topliss-reactive ketones (excluding diaryl/α,β-unsaturated/α-hetero) is 1. The molecule has 1 aliphatic carbocycles. The smallest absolute Gasteiger partial charge is 0.161 e. The summed E-state index contributed by atoms with van der Waals surface area (Å²) >= 11 is 0. The number of ether oxygens (including phenoxy) is 1. The number of hydrogen-bond acceptors (Lipinski definition) is 2. The number of carbonyl (C=O) groups is 1. The van der Waals surface area contributed by atoms with E-state index in [1.165, 1.54) is 0 Å². The molecule has 0 spiro atoms. The fraction of sp³-hybridized carbons (Fsp3) is 0.308. The summed E-state index contributed by atoms with van der Waals surface area (Å²) in [7, 11) is 1.65. The number of methoxy groups -OCH3 is 1. The standard InChI is InChI=1S/C13H14O2/c1-10-8-13(15-2,9-12(10)14)11-6-4-3-5-7-11/h3-8H,9H2,1-2H3. The molecular formula is C13H14O2. The highest BCUT2D eigenvalue weighted by Gasteiger charge is 2.38. The molecule has 15 heavy (non-hydrogen) atoms. The van der Waals surface area contributed by atoms with Crippen molar-refractivity contribution >= 4 is 5.78 Å². The van der Waals surface area contributed by atoms with Gasteiger partial charge in [-0.3, -0.25) is 4.79 Å². The van der Waals surface area contributed by atoms with Crippen LogP contribution in [0, 0.1) is 0 Å². The van der Waals surface area contributed by atoms with Gasteiger partial charge in [-0.1, -0.05) is 30.3 Å². The molecule has 2 nitrogen and oxygen atoms in total. The minimum absolute atomic E-state index is 0.167. The highest BCUT2D eigenvalue weighted by atomic mass is 16.5. The lowest BCUT2D eigenvalue weighted by atomic mass is 9.93. The number of ketones is 1. The minimum Gasteiger partial charge on any atom is -0.369 e. The number of allylic oxidation sites excluding steroid dienone is 1. The normalized spacial score (nSPS) is 25.5. The molecule has 0 saturated heterocycles. The van der Waals surface area contributed by atoms with Gasteiger partial charge in [0, 0.05) is 13.5 Å². The van der Waals surface area contributed by atoms with Crippen molar-refractivity contribution in [1.82, 2.24) is 0 Å². The summed E-state index contributed by atoms with van der Waals surface area (Å²) in [5, 5.41) is 0. The van der Waals surface area contributed by atoms with Gasteiger partial charge >= 0.3 is 0 Å². The van der Waals surface area contributed by atoms with E-state index in [2.05, 4.69) is 0 Å². The van der Waals surface area contributed by atoms with Gasteiger partial charge in [-0.2, -0.15) is 0 Å². The predicted molar refractivity (Wildman–Crippen MR) is 58.5 cm³/mol. The topological polar surface area (TPSA) is 26.3 Å². The molecule has 0 bridgehead atoms. The molecule has 1 aromatic carbocycles. The molecule has 1 unspecified atom stereocenters. The van der Waals surface area contributed by atoms with Crippen LogP contribution in [0.4, 0.5) is 0 Å². The lowest BCUT2D eigenvalue weighted by Gasteiger charge is -2.25. The van der Waals surface area contributed by atoms with Crippen LogP contribution >= 0.6 is 0 Å². The second kappa shape index (κ2) is 3.63. The molecule has 0 heterocycles. The monoisotopic (exact) mass is 202 g/mol. The fourth-order valence-electron chi connectivity index (χ4n) is 2.01. The van der Waals surface area contributed by atoms with Gasteiger partial charge in [0.05, 0.1) is 0 Å². The molecule has 0 N–H and O–H groups in total. The number of benzene rings is 1. The molecule has 78 valence electrons. The molecule has 0 aromatic heterocycles. The summed E-state index contributed by atoms with van der Waals surface area (Å²) in [5.41, 5.74) is 1.29. The van der Waals surface area contributed by atoms with Crippen molar-refractivity contribution in [3.05, 3.63) is 47.5 Å². The minimum atomic E-state index is -0.539. The van der Waals surface area contributed by atoms with Gasteiger partial charge in [0.2, 0.25) is 0 Å². The van der Waals surface area contributed by atoms with E-state index in [1.54, 1.807) is 7.11 Å². The lowest BCUT2D eigenvalue weighted by molar-refractivity contribution is -0.118. The first-order valence-electron chi connectivity index (χ1n) is 5.01. The summed E-state index contributed by atoms with van der Waals surface area (Å²) < 4.78 is 5.53. The van der Waals surface area contributed by atoms with E-state index in [1.807, 2.05) is 43.3 Å². The molecule has 0 amide bonds. The highest BCUT2D eigenvalue weighted by molar-refractivity contribution is 5.98. The summed E-state index contributed by atoms with van der Waals surface area (Å²) in [6.07, 6.45) is 2.34. The average molecular weight is 202 g/mol. The van der Waals surface area contributed by atoms with Gasteiger partial charge in [0.1, 0.15) is 5.60 Å². The van der Waals surface area contributed by atoms with E-state index in [-0.39, 0.29) is 5.78 Å². The Balaban J connectivity index is 2.45. The maximum atomic E-state index is 11.6. The molecule has 0 radical (unpaired) electrons. The van der Waals surface area contributed by atoms with Crippen LogP contribution < -0.4 is 0 Å². The van der Waals surface area contributed by atoms with Crippen LogP contribution in [0.2, 0.25) is 0 Å². The van der Waals surface area contributed by atoms with Crippen molar-refractivity contribution in [1.29, 1.82) is 0 Å². The van der Waals surface area contributed by atoms with Crippen LogP contribution in [0.5, 0.6) is 0 Å². The van der Waals surface area contributed by atoms with E-state index in [0.717, 1.165) is 11.1 Å². The van der Waals surface area contributed by atoms with Gasteiger partial charge in [-0.25, -0.2) is 0 Å². The first kappa shape index (κ1) is 10.1. The highest BCUT2D eigenvalue weighted by Crippen LogP contribution is 2.37. The quantitative estimate of drug-likeness (QED) is 0.736. The SMILES string of the molecule is COC1(c2ccccc2)C=C(C)C(=O)C1. The van der Waals surface area contributed by atoms with Crippen LogP contribution in [-0.4, -0.2) is 12.9 Å². The molecule has 0 fully saturated rings. The van der Waals surface area contributed by atoms with Crippen LogP contribution in [0.25, 0.3) is 0 Å². The third kappa shape index (κ3) is 1.61. The summed E-state index contributed by atoms with van der Waals surface area (Å²) in [4.78, 5) is 11.6. The Kier molecular flexibility index (Phi) is 2.45. The Morgan fingerprint density at radius 2 is 1.93 bits per heavy atom. The summed E-state index contributed by atoms with van der Waals surface area (Å²) in [5.74, 6) is 0.167. The summed E-state index contributed by atoms with van der Waals surface area (Å²) in [6.45, 7) is 1.84. The number of carbonyl (C=O) groups excluding carboxylic acids is 1. The van der Waals surface area contributed by atoms with Crippen LogP contribution in [-0.2, 0) is 15.1 Å². The van der Waals surface area contributed by atoms with Crippen LogP contribution in [0.1, 0.15) is 18.9 Å². The Hall–Kier alpha value is -1.41. The lowest BCUT2D eigenvalue weighted by Crippen LogP contribution is -2.24. The summed E-state index contributed by atoms with van der Waals surface area (Å²) in [6, 6.07) is 9.86. The van der Waals surface area contributed by atoms with E-state index >= 15 is 0 Å². The van der Waals surface area contributed by atoms with Crippen molar-refractivity contribution in [3.63, 3.8) is 0 Å². The zero-order chi connectivity index (χ0) is 10.9. The van der Waals surface area contributed by atoms with Gasteiger partial charge in [0.15, 0.2) is 5.78 Å². The number of rotatable bonds is 2. The van der Waals surface area contributed by atoms with Crippen molar-refractivity contribution < 1.29 is 9.53 Å². The Morgan fingerprint density at radius 1 is 1.27 bits per heavy atom. The van der Waals surface area contributed by atoms with E-state index < -0.39 is 5.60 Å². The molecule has 2 heteroatoms. The Morgan fingerprint density at radius 3 is 2.40 bits per heavy atom. The van der Waals surface area contributed by atoms with E-state index in [4.69, 9.17) is 4.74 Å². The van der Waals surface area contributed by atoms with Crippen LogP contribution in [0.3, 0.4) is 0 Å². The first-order valence-corrected chi connectivity index (χ1v) is 5.01. The van der Waals surface area contributed by atoms with Crippen LogP contribution in [0.15, 0.2) is 42.0 Å². The Labute approximate surface area is 89.6 Å². The maximum Gasteiger partial charge on any atom is 0.161 e. The van der Waals surface area contributed by atoms with Gasteiger partial charge in [-0.05, 0) is 24.1 Å². The first-order chi connectivity index (χ1) is 7.18. The average Bonchev–Trinajstić information content (AvgIpc) is 2.57. The van der Waals surface area contributed by atoms with Crippen molar-refractivity contribution in [2.24, 2.45) is 0 Å². The Bertz CT molecular complexity index is 406. The predicted octanol–water partition coefficient (Wildman–Crippen LogP) is 2.45. The van der Waals surface area contributed by atoms with Crippen molar-refractivity contribution in [3.8, 4) is 0 Å². The van der Waals surface area contributed by atoms with Gasteiger partial charge in [0.25, 0.3) is 0 Å². The molecule has 1 aliphatic rings. The largest absolute Gasteiger partial charge is 0.369 e. The zero-order valence-corrected chi connectivity index (χ0v) is 8.99. The van der Waals surface area contributed by atoms with Gasteiger partial charge < -0.3 is 4.74 Å². The zero-order valence-electron chi connectivity index (χ0n) is 8.99. The van der Waals surface area contributed by atoms with E-state index in [9.17, 15) is 4.79 Å². The third-order valence-corrected chi connectivity index (χ3v) is 2.94. The molecule has 0 saturated carbocycles. The van der Waals surface area contributed by atoms with Crippen molar-refractivity contribution in [2.45, 2.75) is 18.9 Å². The fourth-order valence-corrected chi connectivity index (χ4v) is 2.01. The molecular weight excluding hydrogens is 188 g/mol. The second-order valence-electron chi connectivity index (χ2n) is 3.89. The third-order valence-electron chi connectivity index (χ3n) is 2.94. The van der Waals surface area contributed by atoms with Gasteiger partial charge in [-0.15, -0.1) is 0 Å². The second-order valence-corrected chi connectivity index (χ2v) is 3.89. The molecule has 1 aromatic rings. The van der Waals surface area contributed by atoms with Crippen molar-refractivity contribution in [2.75, 3.05) is 7.11 Å². The maximum absolute atomic E-state index is 11.6. The molecule has 2 rings (SSSR count). The van der Waals surface area contributed by atoms with E-state index in [0.29, 0.717) is 6.42 Å². The number of hydrogen-bond donors (Lipinski definition) is 0. The molecule has 1 atom stereocenters. The molecule has 0 aliphatic heterocycles.